The third-order valence-corrected chi connectivity index (χ3v) is 12.4. The molecule has 35 heavy (non-hydrogen) atoms. The first-order valence-corrected chi connectivity index (χ1v) is 14.6. The molecule has 1 N–H and O–H groups in total. The van der Waals surface area contributed by atoms with E-state index in [0.717, 1.165) is 45.1 Å². The Morgan fingerprint density at radius 2 is 1.77 bits per heavy atom. The molecule has 4 aliphatic carbocycles. The van der Waals surface area contributed by atoms with Crippen molar-refractivity contribution in [2.45, 2.75) is 123 Å². The van der Waals surface area contributed by atoms with Gasteiger partial charge in [0.25, 0.3) is 0 Å². The predicted molar refractivity (Wildman–Crippen MR) is 133 cm³/mol. The monoisotopic (exact) mass is 488 g/mol. The summed E-state index contributed by atoms with van der Waals surface area (Å²) in [6.07, 6.45) is 9.79. The van der Waals surface area contributed by atoms with Crippen molar-refractivity contribution in [1.29, 1.82) is 0 Å². The van der Waals surface area contributed by atoms with E-state index in [1.54, 1.807) is 0 Å². The molecule has 5 heteroatoms. The van der Waals surface area contributed by atoms with Gasteiger partial charge in [-0.1, -0.05) is 27.7 Å². The van der Waals surface area contributed by atoms with Crippen LogP contribution in [0.25, 0.3) is 0 Å². The molecule has 2 heterocycles. The van der Waals surface area contributed by atoms with E-state index in [4.69, 9.17) is 14.2 Å². The maximum atomic E-state index is 12.3. The minimum atomic E-state index is -0.691. The molecule has 0 aromatic rings. The molecular formula is C30H48O5. The summed E-state index contributed by atoms with van der Waals surface area (Å²) < 4.78 is 19.0. The highest BCUT2D eigenvalue weighted by Crippen LogP contribution is 2.73. The average molecular weight is 489 g/mol. The van der Waals surface area contributed by atoms with Crippen LogP contribution in [0, 0.1) is 52.3 Å². The molecule has 0 aromatic carbocycles. The Morgan fingerprint density at radius 1 is 1.00 bits per heavy atom. The number of hydrogen-bond acceptors (Lipinski definition) is 5. The quantitative estimate of drug-likeness (QED) is 0.478. The minimum absolute atomic E-state index is 0.0513. The first-order valence-electron chi connectivity index (χ1n) is 14.6. The van der Waals surface area contributed by atoms with Gasteiger partial charge >= 0.3 is 5.97 Å². The van der Waals surface area contributed by atoms with Gasteiger partial charge in [0, 0.05) is 19.3 Å². The molecule has 1 spiro atoms. The second kappa shape index (κ2) is 7.93. The summed E-state index contributed by atoms with van der Waals surface area (Å²) in [6, 6.07) is 0. The zero-order chi connectivity index (χ0) is 25.0. The Hall–Kier alpha value is -0.650. The van der Waals surface area contributed by atoms with Crippen LogP contribution in [0.1, 0.15) is 99.3 Å². The fourth-order valence-corrected chi connectivity index (χ4v) is 11.4. The van der Waals surface area contributed by atoms with Gasteiger partial charge in [-0.2, -0.15) is 0 Å². The molecule has 2 aliphatic heterocycles. The minimum Gasteiger partial charge on any atom is -0.463 e. The molecule has 0 aromatic heterocycles. The molecule has 6 aliphatic rings. The van der Waals surface area contributed by atoms with Crippen LogP contribution in [0.15, 0.2) is 0 Å². The molecule has 0 amide bonds. The van der Waals surface area contributed by atoms with Gasteiger partial charge in [-0.25, -0.2) is 0 Å². The molecule has 6 rings (SSSR count). The zero-order valence-corrected chi connectivity index (χ0v) is 22.8. The van der Waals surface area contributed by atoms with E-state index in [0.29, 0.717) is 41.4 Å². The third kappa shape index (κ3) is 3.46. The Balaban J connectivity index is 1.28. The predicted octanol–water partition coefficient (Wildman–Crippen LogP) is 5.73. The lowest BCUT2D eigenvalue weighted by molar-refractivity contribution is -0.276. The number of esters is 1. The van der Waals surface area contributed by atoms with E-state index in [-0.39, 0.29) is 29.0 Å². The molecular weight excluding hydrogens is 440 g/mol. The van der Waals surface area contributed by atoms with E-state index in [1.807, 2.05) is 0 Å². The van der Waals surface area contributed by atoms with Gasteiger partial charge in [0.15, 0.2) is 5.79 Å². The molecule has 4 saturated carbocycles. The van der Waals surface area contributed by atoms with Crippen molar-refractivity contribution in [1.82, 2.24) is 0 Å². The lowest BCUT2D eigenvalue weighted by Gasteiger charge is -2.65. The third-order valence-electron chi connectivity index (χ3n) is 12.4. The summed E-state index contributed by atoms with van der Waals surface area (Å²) in [4.78, 5) is 11.6. The number of rotatable bonds is 1. The summed E-state index contributed by atoms with van der Waals surface area (Å²) in [5.74, 6) is 2.85. The first-order chi connectivity index (χ1) is 16.4. The summed E-state index contributed by atoms with van der Waals surface area (Å²) in [6.45, 7) is 14.1. The van der Waals surface area contributed by atoms with Crippen LogP contribution in [0.5, 0.6) is 0 Å². The van der Waals surface area contributed by atoms with Crippen LogP contribution in [0.4, 0.5) is 0 Å². The molecule has 198 valence electrons. The highest BCUT2D eigenvalue weighted by molar-refractivity contribution is 5.66. The van der Waals surface area contributed by atoms with E-state index < -0.39 is 11.4 Å². The van der Waals surface area contributed by atoms with Crippen molar-refractivity contribution in [3.05, 3.63) is 0 Å². The maximum absolute atomic E-state index is 12.3. The number of carbonyl (C=O) groups excluding carboxylic acids is 1. The summed E-state index contributed by atoms with van der Waals surface area (Å²) in [5, 5.41) is 12.3. The van der Waals surface area contributed by atoms with Gasteiger partial charge < -0.3 is 19.3 Å². The Morgan fingerprint density at radius 3 is 2.46 bits per heavy atom. The summed E-state index contributed by atoms with van der Waals surface area (Å²) in [5.41, 5.74) is -0.495. The number of carbonyl (C=O) groups is 1. The Kier molecular flexibility index (Phi) is 5.59. The first kappa shape index (κ1) is 24.7. The summed E-state index contributed by atoms with van der Waals surface area (Å²) in [7, 11) is 0. The number of aliphatic hydroxyl groups is 1. The molecule has 13 unspecified atom stereocenters. The highest BCUT2D eigenvalue weighted by Gasteiger charge is 2.72. The number of fused-ring (bicyclic) bond motifs is 7. The van der Waals surface area contributed by atoms with Gasteiger partial charge in [-0.05, 0) is 105 Å². The maximum Gasteiger partial charge on any atom is 0.302 e. The van der Waals surface area contributed by atoms with Gasteiger partial charge in [-0.15, -0.1) is 0 Å². The van der Waals surface area contributed by atoms with Gasteiger partial charge in [-0.3, -0.25) is 4.79 Å². The van der Waals surface area contributed by atoms with E-state index in [2.05, 4.69) is 34.6 Å². The molecule has 2 saturated heterocycles. The SMILES string of the molecule is CC(=O)OC1CCC2(C)C(CCC3C4CC5OC6(CCC(C)CO6)C(C)C5C4(C)CC(C)(O)C32)C1. The fourth-order valence-electron chi connectivity index (χ4n) is 11.4. The van der Waals surface area contributed by atoms with Crippen molar-refractivity contribution in [2.24, 2.45) is 52.3 Å². The van der Waals surface area contributed by atoms with Crippen LogP contribution in [-0.2, 0) is 19.0 Å². The average Bonchev–Trinajstić information content (AvgIpc) is 3.19. The van der Waals surface area contributed by atoms with Gasteiger partial charge in [0.2, 0.25) is 0 Å². The van der Waals surface area contributed by atoms with Crippen LogP contribution < -0.4 is 0 Å². The van der Waals surface area contributed by atoms with Gasteiger partial charge in [0.05, 0.1) is 18.3 Å². The Bertz CT molecular complexity index is 861. The Labute approximate surface area is 212 Å². The smallest absolute Gasteiger partial charge is 0.302 e. The number of ether oxygens (including phenoxy) is 3. The zero-order valence-electron chi connectivity index (χ0n) is 22.8. The highest BCUT2D eigenvalue weighted by atomic mass is 16.7. The molecule has 0 radical (unpaired) electrons. The van der Waals surface area contributed by atoms with E-state index in [1.165, 1.54) is 26.2 Å². The van der Waals surface area contributed by atoms with Crippen molar-refractivity contribution in [3.8, 4) is 0 Å². The topological polar surface area (TPSA) is 65.0 Å². The largest absolute Gasteiger partial charge is 0.463 e. The lowest BCUT2D eigenvalue weighted by Crippen LogP contribution is -2.64. The van der Waals surface area contributed by atoms with Crippen LogP contribution >= 0.6 is 0 Å². The standard InChI is InChI=1S/C30H48O5/c1-17-9-12-30(33-15-17)18(2)25-24(35-30)14-23-22-8-7-20-13-21(34-19(3)31)10-11-27(20,4)26(22)29(6,32)16-28(23,25)5/h17-18,20-26,32H,7-16H2,1-6H3. The number of hydrogen-bond donors (Lipinski definition) is 1. The molecule has 13 atom stereocenters. The lowest BCUT2D eigenvalue weighted by atomic mass is 9.41. The summed E-state index contributed by atoms with van der Waals surface area (Å²) >= 11 is 0. The van der Waals surface area contributed by atoms with Gasteiger partial charge in [0.1, 0.15) is 6.10 Å². The van der Waals surface area contributed by atoms with Crippen LogP contribution in [0.3, 0.4) is 0 Å². The van der Waals surface area contributed by atoms with E-state index >= 15 is 0 Å². The molecule has 6 fully saturated rings. The van der Waals surface area contributed by atoms with Crippen LogP contribution in [0.2, 0.25) is 0 Å². The normalized spacial score (nSPS) is 59.3. The van der Waals surface area contributed by atoms with Crippen molar-refractivity contribution >= 4 is 5.97 Å². The molecule has 5 nitrogen and oxygen atoms in total. The fraction of sp³-hybridized carbons (Fsp3) is 0.967. The second-order valence-electron chi connectivity index (χ2n) is 14.5. The van der Waals surface area contributed by atoms with Crippen LogP contribution in [-0.4, -0.2) is 41.3 Å². The van der Waals surface area contributed by atoms with Crippen molar-refractivity contribution < 1.29 is 24.1 Å². The van der Waals surface area contributed by atoms with E-state index in [9.17, 15) is 9.90 Å². The van der Waals surface area contributed by atoms with Crippen molar-refractivity contribution in [3.63, 3.8) is 0 Å². The second-order valence-corrected chi connectivity index (χ2v) is 14.5. The van der Waals surface area contributed by atoms with Crippen molar-refractivity contribution in [2.75, 3.05) is 6.61 Å². The molecule has 0 bridgehead atoms.